The third-order valence-corrected chi connectivity index (χ3v) is 6.49. The van der Waals surface area contributed by atoms with Crippen LogP contribution in [-0.2, 0) is 0 Å². The maximum atomic E-state index is 5.60. The zero-order chi connectivity index (χ0) is 21.6. The van der Waals surface area contributed by atoms with Crippen LogP contribution < -0.4 is 5.32 Å². The minimum Gasteiger partial charge on any atom is -0.365 e. The van der Waals surface area contributed by atoms with E-state index >= 15 is 0 Å². The van der Waals surface area contributed by atoms with E-state index in [2.05, 4.69) is 61.7 Å². The van der Waals surface area contributed by atoms with E-state index in [9.17, 15) is 0 Å². The minimum atomic E-state index is 0.194. The highest BCUT2D eigenvalue weighted by Crippen LogP contribution is 2.46. The van der Waals surface area contributed by atoms with E-state index in [1.807, 2.05) is 50.2 Å². The van der Waals surface area contributed by atoms with Crippen molar-refractivity contribution in [2.24, 2.45) is 11.8 Å². The maximum absolute atomic E-state index is 5.60. The zero-order valence-electron chi connectivity index (χ0n) is 18.5. The number of aryl methyl sites for hydroxylation is 1. The Morgan fingerprint density at radius 3 is 2.52 bits per heavy atom. The van der Waals surface area contributed by atoms with Gasteiger partial charge in [-0.1, -0.05) is 38.5 Å². The van der Waals surface area contributed by atoms with Crippen LogP contribution in [0.3, 0.4) is 0 Å². The SMILES string of the molecule is C#Cc1ccc(C)c(-c2ccc(C(NC(=C)N(C)C)C(C=C)C3CC3)s2)c1.CC. The Balaban J connectivity index is 0.00000145. The number of thiophene rings is 1. The van der Waals surface area contributed by atoms with Gasteiger partial charge in [0.15, 0.2) is 0 Å². The molecule has 154 valence electrons. The molecule has 3 heteroatoms. The molecule has 29 heavy (non-hydrogen) atoms. The normalized spacial score (nSPS) is 14.6. The lowest BCUT2D eigenvalue weighted by molar-refractivity contribution is 0.363. The van der Waals surface area contributed by atoms with Gasteiger partial charge in [-0.2, -0.15) is 0 Å². The molecule has 2 aromatic rings. The van der Waals surface area contributed by atoms with Gasteiger partial charge in [0.05, 0.1) is 11.9 Å². The van der Waals surface area contributed by atoms with Crippen LogP contribution in [0, 0.1) is 31.1 Å². The second-order valence-corrected chi connectivity index (χ2v) is 8.61. The number of hydrogen-bond acceptors (Lipinski definition) is 3. The third-order valence-electron chi connectivity index (χ3n) is 5.29. The zero-order valence-corrected chi connectivity index (χ0v) is 19.3. The lowest BCUT2D eigenvalue weighted by atomic mass is 9.93. The molecule has 0 amide bonds. The van der Waals surface area contributed by atoms with Gasteiger partial charge >= 0.3 is 0 Å². The third kappa shape index (κ3) is 5.55. The highest BCUT2D eigenvalue weighted by Gasteiger charge is 2.36. The molecular formula is C26H34N2S. The van der Waals surface area contributed by atoms with Crippen LogP contribution in [-0.4, -0.2) is 19.0 Å². The van der Waals surface area contributed by atoms with Gasteiger partial charge < -0.3 is 10.2 Å². The molecule has 2 unspecified atom stereocenters. The Bertz CT molecular complexity index is 880. The fourth-order valence-electron chi connectivity index (χ4n) is 3.39. The fourth-order valence-corrected chi connectivity index (χ4v) is 4.59. The fraction of sp³-hybridized carbons (Fsp3) is 0.385. The van der Waals surface area contributed by atoms with E-state index in [1.165, 1.54) is 33.7 Å². The molecule has 1 aromatic heterocycles. The van der Waals surface area contributed by atoms with E-state index < -0.39 is 0 Å². The van der Waals surface area contributed by atoms with Crippen LogP contribution in [0.1, 0.15) is 48.7 Å². The Kier molecular flexibility index (Phi) is 8.17. The molecule has 3 rings (SSSR count). The Labute approximate surface area is 181 Å². The van der Waals surface area contributed by atoms with E-state index in [0.717, 1.165) is 11.4 Å². The minimum absolute atomic E-state index is 0.194. The van der Waals surface area contributed by atoms with Crippen molar-refractivity contribution < 1.29 is 0 Å². The highest BCUT2D eigenvalue weighted by atomic mass is 32.1. The van der Waals surface area contributed by atoms with Crippen LogP contribution in [0.2, 0.25) is 0 Å². The first-order valence-corrected chi connectivity index (χ1v) is 11.2. The van der Waals surface area contributed by atoms with Gasteiger partial charge in [0.25, 0.3) is 0 Å². The average Bonchev–Trinajstić information content (AvgIpc) is 3.45. The summed E-state index contributed by atoms with van der Waals surface area (Å²) in [5, 5.41) is 3.65. The second kappa shape index (κ2) is 10.4. The van der Waals surface area contributed by atoms with Gasteiger partial charge in [-0.15, -0.1) is 24.3 Å². The molecule has 2 nitrogen and oxygen atoms in total. The number of nitrogens with one attached hydrogen (secondary N) is 1. The summed E-state index contributed by atoms with van der Waals surface area (Å²) in [5.41, 5.74) is 3.38. The predicted octanol–water partition coefficient (Wildman–Crippen LogP) is 6.61. The largest absolute Gasteiger partial charge is 0.365 e. The molecule has 1 N–H and O–H groups in total. The van der Waals surface area contributed by atoms with E-state index in [0.29, 0.717) is 11.8 Å². The standard InChI is InChI=1S/C24H28N2S.C2H6/c1-7-18-10-9-16(3)21(15-18)22-13-14-23(27-22)24(25-17(4)26(5)6)20(8-2)19-11-12-19;1-2/h1,8-10,13-15,19-20,24-25H,2,4,11-12H2,3,5-6H3;1-2H3. The molecule has 0 spiro atoms. The van der Waals surface area contributed by atoms with Crippen molar-refractivity contribution in [3.8, 4) is 22.8 Å². The Morgan fingerprint density at radius 2 is 1.97 bits per heavy atom. The molecule has 0 aliphatic heterocycles. The van der Waals surface area contributed by atoms with E-state index in [4.69, 9.17) is 6.42 Å². The number of benzene rings is 1. The molecule has 1 aromatic carbocycles. The number of rotatable bonds is 8. The topological polar surface area (TPSA) is 15.3 Å². The van der Waals surface area contributed by atoms with Crippen molar-refractivity contribution in [3.63, 3.8) is 0 Å². The molecule has 0 saturated heterocycles. The van der Waals surface area contributed by atoms with Gasteiger partial charge in [-0.05, 0) is 61.1 Å². The monoisotopic (exact) mass is 406 g/mol. The number of nitrogens with zero attached hydrogens (tertiary/aromatic N) is 1. The summed E-state index contributed by atoms with van der Waals surface area (Å²) < 4.78 is 0. The highest BCUT2D eigenvalue weighted by molar-refractivity contribution is 7.15. The van der Waals surface area contributed by atoms with Crippen LogP contribution in [0.4, 0.5) is 0 Å². The van der Waals surface area contributed by atoms with Crippen LogP contribution in [0.5, 0.6) is 0 Å². The second-order valence-electron chi connectivity index (χ2n) is 7.49. The van der Waals surface area contributed by atoms with Gasteiger partial charge in [0.1, 0.15) is 0 Å². The summed E-state index contributed by atoms with van der Waals surface area (Å²) in [6, 6.07) is 10.9. The maximum Gasteiger partial charge on any atom is 0.0938 e. The van der Waals surface area contributed by atoms with Crippen molar-refractivity contribution >= 4 is 11.3 Å². The summed E-state index contributed by atoms with van der Waals surface area (Å²) in [6.45, 7) is 14.4. The van der Waals surface area contributed by atoms with E-state index in [-0.39, 0.29) is 6.04 Å². The lowest BCUT2D eigenvalue weighted by Gasteiger charge is -2.29. The first-order valence-electron chi connectivity index (χ1n) is 10.4. The summed E-state index contributed by atoms with van der Waals surface area (Å²) >= 11 is 1.83. The number of hydrogen-bond donors (Lipinski definition) is 1. The van der Waals surface area contributed by atoms with Crippen LogP contribution in [0.15, 0.2) is 55.4 Å². The Morgan fingerprint density at radius 1 is 1.28 bits per heavy atom. The van der Waals surface area contributed by atoms with Crippen molar-refractivity contribution in [1.29, 1.82) is 0 Å². The van der Waals surface area contributed by atoms with Gasteiger partial charge in [0, 0.05) is 35.3 Å². The first-order chi connectivity index (χ1) is 13.9. The van der Waals surface area contributed by atoms with E-state index in [1.54, 1.807) is 0 Å². The number of terminal acetylenes is 1. The summed E-state index contributed by atoms with van der Waals surface area (Å²) in [4.78, 5) is 4.59. The molecule has 0 bridgehead atoms. The van der Waals surface area contributed by atoms with Crippen LogP contribution in [0.25, 0.3) is 10.4 Å². The summed E-state index contributed by atoms with van der Waals surface area (Å²) in [6.07, 6.45) is 10.3. The van der Waals surface area contributed by atoms with Crippen LogP contribution >= 0.6 is 11.3 Å². The van der Waals surface area contributed by atoms with Crippen molar-refractivity contribution in [3.05, 3.63) is 71.4 Å². The summed E-state index contributed by atoms with van der Waals surface area (Å²) in [5.74, 6) is 4.79. The first kappa shape index (κ1) is 22.8. The smallest absolute Gasteiger partial charge is 0.0938 e. The quantitative estimate of drug-likeness (QED) is 0.392. The van der Waals surface area contributed by atoms with Gasteiger partial charge in [-0.25, -0.2) is 0 Å². The molecule has 1 aliphatic rings. The van der Waals surface area contributed by atoms with Gasteiger partial charge in [0.2, 0.25) is 0 Å². The van der Waals surface area contributed by atoms with Crippen molar-refractivity contribution in [1.82, 2.24) is 10.2 Å². The Hall–Kier alpha value is -2.44. The molecule has 1 fully saturated rings. The predicted molar refractivity (Wildman–Crippen MR) is 129 cm³/mol. The van der Waals surface area contributed by atoms with Crippen molar-refractivity contribution in [2.75, 3.05) is 14.1 Å². The molecule has 0 radical (unpaired) electrons. The molecule has 2 atom stereocenters. The van der Waals surface area contributed by atoms with Gasteiger partial charge in [-0.3, -0.25) is 0 Å². The molecule has 1 aliphatic carbocycles. The molecule has 1 saturated carbocycles. The van der Waals surface area contributed by atoms with Crippen molar-refractivity contribution in [2.45, 2.75) is 39.7 Å². The lowest BCUT2D eigenvalue weighted by Crippen LogP contribution is -2.32. The molecular weight excluding hydrogens is 372 g/mol. The molecule has 1 heterocycles. The average molecular weight is 407 g/mol. The summed E-state index contributed by atoms with van der Waals surface area (Å²) in [7, 11) is 4.03.